The molecule has 1 aromatic heterocycles. The molecule has 0 radical (unpaired) electrons. The van der Waals surface area contributed by atoms with Gasteiger partial charge in [0.1, 0.15) is 4.88 Å². The molecule has 5 nitrogen and oxygen atoms in total. The van der Waals surface area contributed by atoms with Gasteiger partial charge in [0.25, 0.3) is 0 Å². The van der Waals surface area contributed by atoms with E-state index in [9.17, 15) is 4.79 Å². The number of rotatable bonds is 5. The number of hydrogen-bond donors (Lipinski definition) is 1. The van der Waals surface area contributed by atoms with Crippen molar-refractivity contribution in [2.75, 3.05) is 12.0 Å². The highest BCUT2D eigenvalue weighted by molar-refractivity contribution is 7.17. The van der Waals surface area contributed by atoms with Crippen molar-refractivity contribution in [1.29, 1.82) is 0 Å². The van der Waals surface area contributed by atoms with Gasteiger partial charge >= 0.3 is 5.97 Å². The maximum atomic E-state index is 11.7. The molecule has 1 N–H and O–H groups in total. The predicted octanol–water partition coefficient (Wildman–Crippen LogP) is 3.38. The lowest BCUT2D eigenvalue weighted by molar-refractivity contribution is 0.0531. The minimum Gasteiger partial charge on any atom is -0.462 e. The SMILES string of the molecule is CCOC(=O)c1sc(NN=C[C@@H]2CC=CCC2)nc1C. The Hall–Kier alpha value is -1.69. The normalized spacial score (nSPS) is 18.4. The van der Waals surface area contributed by atoms with Crippen LogP contribution in [0.5, 0.6) is 0 Å². The van der Waals surface area contributed by atoms with Gasteiger partial charge in [-0.25, -0.2) is 9.78 Å². The largest absolute Gasteiger partial charge is 0.462 e. The molecule has 2 rings (SSSR count). The highest BCUT2D eigenvalue weighted by Crippen LogP contribution is 2.23. The molecule has 1 aromatic rings. The lowest BCUT2D eigenvalue weighted by Gasteiger charge is -2.11. The van der Waals surface area contributed by atoms with Gasteiger partial charge in [-0.2, -0.15) is 5.10 Å². The predicted molar refractivity (Wildman–Crippen MR) is 81.4 cm³/mol. The van der Waals surface area contributed by atoms with Crippen LogP contribution in [0, 0.1) is 12.8 Å². The van der Waals surface area contributed by atoms with Crippen molar-refractivity contribution in [2.24, 2.45) is 11.0 Å². The number of ether oxygens (including phenoxy) is 1. The number of nitrogens with one attached hydrogen (secondary N) is 1. The summed E-state index contributed by atoms with van der Waals surface area (Å²) in [6.07, 6.45) is 9.59. The van der Waals surface area contributed by atoms with E-state index >= 15 is 0 Å². The maximum absolute atomic E-state index is 11.7. The van der Waals surface area contributed by atoms with Crippen LogP contribution in [0.3, 0.4) is 0 Å². The van der Waals surface area contributed by atoms with E-state index in [1.807, 2.05) is 6.21 Å². The second-order valence-electron chi connectivity index (χ2n) is 4.59. The molecule has 0 aliphatic heterocycles. The monoisotopic (exact) mass is 293 g/mol. The van der Waals surface area contributed by atoms with E-state index in [-0.39, 0.29) is 5.97 Å². The lowest BCUT2D eigenvalue weighted by Crippen LogP contribution is -2.04. The zero-order valence-electron chi connectivity index (χ0n) is 11.8. The molecule has 0 unspecified atom stereocenters. The molecule has 0 bridgehead atoms. The fraction of sp³-hybridized carbons (Fsp3) is 0.500. The molecule has 0 aromatic carbocycles. The van der Waals surface area contributed by atoms with Crippen molar-refractivity contribution in [2.45, 2.75) is 33.1 Å². The second-order valence-corrected chi connectivity index (χ2v) is 5.59. The quantitative estimate of drug-likeness (QED) is 0.391. The first-order valence-corrected chi connectivity index (χ1v) is 7.61. The average molecular weight is 293 g/mol. The summed E-state index contributed by atoms with van der Waals surface area (Å²) < 4.78 is 4.98. The van der Waals surface area contributed by atoms with Crippen LogP contribution in [0.25, 0.3) is 0 Å². The van der Waals surface area contributed by atoms with Crippen LogP contribution in [-0.2, 0) is 4.74 Å². The zero-order chi connectivity index (χ0) is 14.4. The number of anilines is 1. The summed E-state index contributed by atoms with van der Waals surface area (Å²) in [5, 5.41) is 4.83. The highest BCUT2D eigenvalue weighted by Gasteiger charge is 2.16. The average Bonchev–Trinajstić information content (AvgIpc) is 2.81. The maximum Gasteiger partial charge on any atom is 0.350 e. The van der Waals surface area contributed by atoms with Gasteiger partial charge in [-0.15, -0.1) is 0 Å². The van der Waals surface area contributed by atoms with Gasteiger partial charge < -0.3 is 4.74 Å². The summed E-state index contributed by atoms with van der Waals surface area (Å²) in [5.41, 5.74) is 3.57. The molecular weight excluding hydrogens is 274 g/mol. The summed E-state index contributed by atoms with van der Waals surface area (Å²) in [5.74, 6) is 0.162. The number of allylic oxidation sites excluding steroid dienone is 2. The number of thiazole rings is 1. The van der Waals surface area contributed by atoms with Crippen molar-refractivity contribution in [1.82, 2.24) is 4.98 Å². The lowest BCUT2D eigenvalue weighted by atomic mass is 9.96. The molecule has 1 heterocycles. The van der Waals surface area contributed by atoms with Crippen LogP contribution in [0.1, 0.15) is 41.6 Å². The fourth-order valence-electron chi connectivity index (χ4n) is 1.98. The molecular formula is C14H19N3O2S. The molecule has 0 spiro atoms. The van der Waals surface area contributed by atoms with Crippen LogP contribution < -0.4 is 5.43 Å². The van der Waals surface area contributed by atoms with E-state index in [1.54, 1.807) is 13.8 Å². The summed E-state index contributed by atoms with van der Waals surface area (Å²) in [4.78, 5) is 16.5. The van der Waals surface area contributed by atoms with Crippen molar-refractivity contribution in [3.8, 4) is 0 Å². The standard InChI is InChI=1S/C14H19N3O2S/c1-3-19-13(18)12-10(2)16-14(20-12)17-15-9-11-7-5-4-6-8-11/h4-5,9,11H,3,6-8H2,1-2H3,(H,16,17)/t11-/m1/s1. The van der Waals surface area contributed by atoms with Crippen LogP contribution in [-0.4, -0.2) is 23.8 Å². The molecule has 108 valence electrons. The van der Waals surface area contributed by atoms with E-state index in [1.165, 1.54) is 11.3 Å². The summed E-state index contributed by atoms with van der Waals surface area (Å²) in [7, 11) is 0. The van der Waals surface area contributed by atoms with E-state index in [2.05, 4.69) is 27.7 Å². The Kier molecular flexibility index (Phi) is 5.29. The number of aromatic nitrogens is 1. The Morgan fingerprint density at radius 2 is 2.50 bits per heavy atom. The number of carbonyl (C=O) groups excluding carboxylic acids is 1. The van der Waals surface area contributed by atoms with E-state index < -0.39 is 0 Å². The summed E-state index contributed by atoms with van der Waals surface area (Å²) >= 11 is 1.27. The Balaban J connectivity index is 1.93. The van der Waals surface area contributed by atoms with Crippen LogP contribution >= 0.6 is 11.3 Å². The number of nitrogens with zero attached hydrogens (tertiary/aromatic N) is 2. The molecule has 0 fully saturated rings. The zero-order valence-corrected chi connectivity index (χ0v) is 12.6. The Bertz CT molecular complexity index is 522. The molecule has 0 saturated heterocycles. The van der Waals surface area contributed by atoms with Gasteiger partial charge in [0.15, 0.2) is 0 Å². The van der Waals surface area contributed by atoms with Crippen molar-refractivity contribution in [3.05, 3.63) is 22.7 Å². The molecule has 0 amide bonds. The third-order valence-electron chi connectivity index (χ3n) is 3.01. The number of aryl methyl sites for hydroxylation is 1. The summed E-state index contributed by atoms with van der Waals surface area (Å²) in [6.45, 7) is 3.95. The topological polar surface area (TPSA) is 63.6 Å². The van der Waals surface area contributed by atoms with E-state index in [0.29, 0.717) is 28.2 Å². The van der Waals surface area contributed by atoms with Crippen molar-refractivity contribution < 1.29 is 9.53 Å². The highest BCUT2D eigenvalue weighted by atomic mass is 32.1. The Labute approximate surface area is 122 Å². The van der Waals surface area contributed by atoms with Gasteiger partial charge in [-0.1, -0.05) is 23.5 Å². The first-order valence-electron chi connectivity index (χ1n) is 6.79. The van der Waals surface area contributed by atoms with Crippen LogP contribution in [0.4, 0.5) is 5.13 Å². The molecule has 1 atom stereocenters. The number of hydrazone groups is 1. The molecule has 0 saturated carbocycles. The fourth-order valence-corrected chi connectivity index (χ4v) is 2.79. The van der Waals surface area contributed by atoms with Crippen LogP contribution in [0.15, 0.2) is 17.3 Å². The van der Waals surface area contributed by atoms with Gasteiger partial charge in [-0.3, -0.25) is 5.43 Å². The number of esters is 1. The Morgan fingerprint density at radius 1 is 1.65 bits per heavy atom. The van der Waals surface area contributed by atoms with E-state index in [4.69, 9.17) is 4.74 Å². The van der Waals surface area contributed by atoms with Crippen LogP contribution in [0.2, 0.25) is 0 Å². The number of hydrogen-bond acceptors (Lipinski definition) is 6. The van der Waals surface area contributed by atoms with Crippen molar-refractivity contribution in [3.63, 3.8) is 0 Å². The third-order valence-corrected chi connectivity index (χ3v) is 4.05. The van der Waals surface area contributed by atoms with Gasteiger partial charge in [-0.05, 0) is 39.0 Å². The molecule has 1 aliphatic carbocycles. The van der Waals surface area contributed by atoms with Gasteiger partial charge in [0.05, 0.1) is 12.3 Å². The molecule has 20 heavy (non-hydrogen) atoms. The molecule has 6 heteroatoms. The first-order chi connectivity index (χ1) is 9.70. The molecule has 1 aliphatic rings. The number of carbonyl (C=O) groups is 1. The second kappa shape index (κ2) is 7.19. The minimum absolute atomic E-state index is 0.322. The third kappa shape index (κ3) is 3.90. The first kappa shape index (κ1) is 14.7. The van der Waals surface area contributed by atoms with E-state index in [0.717, 1.165) is 19.3 Å². The van der Waals surface area contributed by atoms with Gasteiger partial charge in [0, 0.05) is 6.21 Å². The van der Waals surface area contributed by atoms with Gasteiger partial charge in [0.2, 0.25) is 5.13 Å². The Morgan fingerprint density at radius 3 is 3.20 bits per heavy atom. The summed E-state index contributed by atoms with van der Waals surface area (Å²) in [6, 6.07) is 0. The minimum atomic E-state index is -0.322. The van der Waals surface area contributed by atoms with Crippen molar-refractivity contribution >= 4 is 28.7 Å². The smallest absolute Gasteiger partial charge is 0.350 e.